The summed E-state index contributed by atoms with van der Waals surface area (Å²) in [6.07, 6.45) is 1.90. The Balaban J connectivity index is 2.76. The van der Waals surface area contributed by atoms with E-state index < -0.39 is 4.81 Å². The summed E-state index contributed by atoms with van der Waals surface area (Å²) in [7, 11) is 0. The van der Waals surface area contributed by atoms with Crippen LogP contribution in [0.1, 0.15) is 5.69 Å². The second-order valence-electron chi connectivity index (χ2n) is 3.46. The number of nitrogens with two attached hydrogens (primary N) is 3. The van der Waals surface area contributed by atoms with E-state index in [0.717, 1.165) is 11.2 Å². The standard InChI is InChI=1S/C9H14N5/c1-7-3-2-4-8-9(14(10,11)12)5-6-13(7)8/h2-6H,10-12H2,1H3/q+1. The van der Waals surface area contributed by atoms with Crippen LogP contribution in [0.3, 0.4) is 0 Å². The van der Waals surface area contributed by atoms with Gasteiger partial charge in [0, 0.05) is 18.0 Å². The molecule has 0 aliphatic heterocycles. The van der Waals surface area contributed by atoms with Crippen LogP contribution < -0.4 is 22.3 Å². The van der Waals surface area contributed by atoms with Crippen LogP contribution in [-0.4, -0.2) is 4.40 Å². The fraction of sp³-hybridized carbons (Fsp3) is 0.111. The molecule has 6 N–H and O–H groups in total. The third-order valence-electron chi connectivity index (χ3n) is 2.29. The Kier molecular flexibility index (Phi) is 1.83. The minimum absolute atomic E-state index is 0.639. The van der Waals surface area contributed by atoms with Crippen LogP contribution in [0.15, 0.2) is 30.5 Å². The summed E-state index contributed by atoms with van der Waals surface area (Å²) in [4.78, 5) is -0.639. The molecule has 2 rings (SSSR count). The van der Waals surface area contributed by atoms with Gasteiger partial charge >= 0.3 is 0 Å². The molecule has 0 saturated heterocycles. The van der Waals surface area contributed by atoms with Crippen LogP contribution in [-0.2, 0) is 0 Å². The summed E-state index contributed by atoms with van der Waals surface area (Å²) in [5.41, 5.74) is 2.73. The van der Waals surface area contributed by atoms with E-state index in [0.29, 0.717) is 5.69 Å². The van der Waals surface area contributed by atoms with Gasteiger partial charge in [-0.2, -0.15) is 0 Å². The van der Waals surface area contributed by atoms with Crippen molar-refractivity contribution in [2.75, 3.05) is 0 Å². The zero-order valence-corrected chi connectivity index (χ0v) is 8.01. The lowest BCUT2D eigenvalue weighted by molar-refractivity contribution is 0.305. The van der Waals surface area contributed by atoms with Crippen molar-refractivity contribution in [1.29, 1.82) is 0 Å². The van der Waals surface area contributed by atoms with E-state index in [1.165, 1.54) is 0 Å². The predicted octanol–water partition coefficient (Wildman–Crippen LogP) is 0.176. The number of fused-ring (bicyclic) bond motifs is 1. The number of aryl methyl sites for hydroxylation is 1. The maximum Gasteiger partial charge on any atom is 0.217 e. The van der Waals surface area contributed by atoms with Gasteiger partial charge in [0.2, 0.25) is 5.69 Å². The molecule has 0 unspecified atom stereocenters. The van der Waals surface area contributed by atoms with Gasteiger partial charge < -0.3 is 4.40 Å². The van der Waals surface area contributed by atoms with Crippen LogP contribution >= 0.6 is 0 Å². The normalized spacial score (nSPS) is 12.3. The van der Waals surface area contributed by atoms with Crippen molar-refractivity contribution in [1.82, 2.24) is 9.21 Å². The molecule has 5 heteroatoms. The number of rotatable bonds is 1. The fourth-order valence-corrected chi connectivity index (χ4v) is 1.59. The van der Waals surface area contributed by atoms with E-state index >= 15 is 0 Å². The molecule has 0 aliphatic carbocycles. The van der Waals surface area contributed by atoms with E-state index in [2.05, 4.69) is 0 Å². The van der Waals surface area contributed by atoms with E-state index in [4.69, 9.17) is 17.5 Å². The zero-order chi connectivity index (χ0) is 10.3. The summed E-state index contributed by atoms with van der Waals surface area (Å²) >= 11 is 0. The van der Waals surface area contributed by atoms with E-state index in [1.807, 2.05) is 41.8 Å². The molecule has 0 atom stereocenters. The van der Waals surface area contributed by atoms with Gasteiger partial charge in [-0.25, -0.2) is 0 Å². The van der Waals surface area contributed by atoms with Gasteiger partial charge in [-0.1, -0.05) is 10.9 Å². The fourth-order valence-electron chi connectivity index (χ4n) is 1.59. The molecular weight excluding hydrogens is 178 g/mol. The quantitative estimate of drug-likeness (QED) is 0.342. The molecule has 0 spiro atoms. The highest BCUT2D eigenvalue weighted by Crippen LogP contribution is 2.22. The molecule has 2 heterocycles. The number of hydrogen-bond donors (Lipinski definition) is 3. The number of aromatic nitrogens is 1. The van der Waals surface area contributed by atoms with Gasteiger partial charge in [-0.15, -0.1) is 17.5 Å². The first kappa shape index (κ1) is 9.17. The molecule has 2 aromatic rings. The summed E-state index contributed by atoms with van der Waals surface area (Å²) in [6, 6.07) is 7.71. The summed E-state index contributed by atoms with van der Waals surface area (Å²) < 4.78 is 1.99. The monoisotopic (exact) mass is 192 g/mol. The molecule has 0 aliphatic rings. The van der Waals surface area contributed by atoms with Crippen molar-refractivity contribution < 1.29 is 0 Å². The molecule has 0 fully saturated rings. The first-order chi connectivity index (χ1) is 6.50. The van der Waals surface area contributed by atoms with Crippen molar-refractivity contribution in [3.63, 3.8) is 0 Å². The van der Waals surface area contributed by atoms with Crippen LogP contribution in [0, 0.1) is 6.92 Å². The topological polar surface area (TPSA) is 82.5 Å². The minimum atomic E-state index is -0.639. The van der Waals surface area contributed by atoms with Crippen molar-refractivity contribution >= 4 is 11.2 Å². The minimum Gasteiger partial charge on any atom is -0.316 e. The maximum absolute atomic E-state index is 5.60. The Bertz CT molecular complexity index is 465. The molecule has 0 saturated carbocycles. The highest BCUT2D eigenvalue weighted by Gasteiger charge is 2.21. The van der Waals surface area contributed by atoms with Gasteiger partial charge in [0.15, 0.2) is 0 Å². The Morgan fingerprint density at radius 3 is 2.50 bits per heavy atom. The van der Waals surface area contributed by atoms with Gasteiger partial charge in [-0.05, 0) is 19.1 Å². The summed E-state index contributed by atoms with van der Waals surface area (Å²) in [5, 5.41) is 0. The van der Waals surface area contributed by atoms with Gasteiger partial charge in [0.1, 0.15) is 5.52 Å². The lowest BCUT2D eigenvalue weighted by Crippen LogP contribution is -2.67. The first-order valence-corrected chi connectivity index (χ1v) is 4.32. The molecule has 0 amide bonds. The molecular formula is C9H14N5+. The van der Waals surface area contributed by atoms with Crippen molar-refractivity contribution in [3.05, 3.63) is 36.2 Å². The number of quaternary nitrogens is 1. The average Bonchev–Trinajstić information content (AvgIpc) is 2.47. The molecule has 5 nitrogen and oxygen atoms in total. The first-order valence-electron chi connectivity index (χ1n) is 4.32. The highest BCUT2D eigenvalue weighted by molar-refractivity contribution is 5.71. The van der Waals surface area contributed by atoms with Crippen LogP contribution in [0.4, 0.5) is 5.69 Å². The molecule has 74 valence electrons. The molecule has 0 aromatic carbocycles. The van der Waals surface area contributed by atoms with E-state index in [-0.39, 0.29) is 0 Å². The maximum atomic E-state index is 5.60. The van der Waals surface area contributed by atoms with Crippen molar-refractivity contribution in [2.24, 2.45) is 17.5 Å². The third kappa shape index (κ3) is 1.28. The molecule has 0 bridgehead atoms. The summed E-state index contributed by atoms with van der Waals surface area (Å²) in [5.74, 6) is 16.8. The Hall–Kier alpha value is -1.40. The van der Waals surface area contributed by atoms with Gasteiger partial charge in [0.25, 0.3) is 0 Å². The van der Waals surface area contributed by atoms with Crippen LogP contribution in [0.5, 0.6) is 0 Å². The Labute approximate surface area is 81.8 Å². The van der Waals surface area contributed by atoms with Crippen LogP contribution in [0.2, 0.25) is 0 Å². The lowest BCUT2D eigenvalue weighted by Gasteiger charge is -2.17. The van der Waals surface area contributed by atoms with Gasteiger partial charge in [-0.3, -0.25) is 0 Å². The number of nitrogens with zero attached hydrogens (tertiary/aromatic N) is 2. The second-order valence-corrected chi connectivity index (χ2v) is 3.46. The summed E-state index contributed by atoms with van der Waals surface area (Å²) in [6.45, 7) is 2.01. The van der Waals surface area contributed by atoms with E-state index in [9.17, 15) is 0 Å². The van der Waals surface area contributed by atoms with Crippen molar-refractivity contribution in [2.45, 2.75) is 6.92 Å². The van der Waals surface area contributed by atoms with E-state index in [1.54, 1.807) is 0 Å². The third-order valence-corrected chi connectivity index (χ3v) is 2.29. The average molecular weight is 192 g/mol. The van der Waals surface area contributed by atoms with Gasteiger partial charge in [0.05, 0.1) is 0 Å². The SMILES string of the molecule is Cc1cccc2c([N+](N)(N)N)ccn12. The zero-order valence-electron chi connectivity index (χ0n) is 8.01. The molecule has 2 aromatic heterocycles. The van der Waals surface area contributed by atoms with Crippen molar-refractivity contribution in [3.8, 4) is 0 Å². The predicted molar refractivity (Wildman–Crippen MR) is 56.5 cm³/mol. The second kappa shape index (κ2) is 2.79. The Morgan fingerprint density at radius 2 is 1.86 bits per heavy atom. The molecule has 14 heavy (non-hydrogen) atoms. The highest BCUT2D eigenvalue weighted by atomic mass is 15.9. The largest absolute Gasteiger partial charge is 0.316 e. The number of pyridine rings is 1. The smallest absolute Gasteiger partial charge is 0.217 e. The van der Waals surface area contributed by atoms with Crippen LogP contribution in [0.25, 0.3) is 5.52 Å². The Morgan fingerprint density at radius 1 is 1.14 bits per heavy atom. The number of hydrogen-bond acceptors (Lipinski definition) is 3. The lowest BCUT2D eigenvalue weighted by atomic mass is 10.3. The molecule has 0 radical (unpaired) electrons.